The summed E-state index contributed by atoms with van der Waals surface area (Å²) in [6.45, 7) is 2.05. The molecule has 16 heavy (non-hydrogen) atoms. The fourth-order valence-electron chi connectivity index (χ4n) is 1.61. The zero-order valence-corrected chi connectivity index (χ0v) is 10.5. The predicted octanol–water partition coefficient (Wildman–Crippen LogP) is 2.08. The number of halogens is 1. The van der Waals surface area contributed by atoms with Crippen LogP contribution in [-0.4, -0.2) is 19.9 Å². The van der Waals surface area contributed by atoms with E-state index < -0.39 is 0 Å². The van der Waals surface area contributed by atoms with Crippen molar-refractivity contribution in [3.05, 3.63) is 40.3 Å². The second-order valence-electron chi connectivity index (χ2n) is 3.37. The van der Waals surface area contributed by atoms with Crippen LogP contribution in [0.4, 0.5) is 0 Å². The number of nitrogens with zero attached hydrogens (tertiary/aromatic N) is 3. The fourth-order valence-corrected chi connectivity index (χ4v) is 1.84. The standard InChI is InChI=1S/C11H12BrN3O/c1-2-10-8(7-16)5-14-15(10)11-4-3-9(12)6-13-11/h3-6,16H,2,7H2,1H3. The SMILES string of the molecule is CCc1c(CO)cnn1-c1ccc(Br)cn1. The minimum atomic E-state index is 0.0136. The van der Waals surface area contributed by atoms with E-state index in [4.69, 9.17) is 0 Å². The number of aromatic nitrogens is 3. The molecule has 0 aliphatic rings. The highest BCUT2D eigenvalue weighted by Crippen LogP contribution is 2.15. The summed E-state index contributed by atoms with van der Waals surface area (Å²) in [4.78, 5) is 4.28. The van der Waals surface area contributed by atoms with Crippen LogP contribution in [0.1, 0.15) is 18.2 Å². The molecule has 0 atom stereocenters. The van der Waals surface area contributed by atoms with Gasteiger partial charge in [-0.3, -0.25) is 0 Å². The Labute approximate surface area is 102 Å². The summed E-state index contributed by atoms with van der Waals surface area (Å²) in [5, 5.41) is 13.4. The van der Waals surface area contributed by atoms with Crippen molar-refractivity contribution in [2.45, 2.75) is 20.0 Å². The van der Waals surface area contributed by atoms with Crippen molar-refractivity contribution in [3.63, 3.8) is 0 Å². The average molecular weight is 282 g/mol. The van der Waals surface area contributed by atoms with Crippen LogP contribution in [0.25, 0.3) is 5.82 Å². The van der Waals surface area contributed by atoms with Crippen LogP contribution < -0.4 is 0 Å². The van der Waals surface area contributed by atoms with Crippen molar-refractivity contribution in [3.8, 4) is 5.82 Å². The van der Waals surface area contributed by atoms with Crippen LogP contribution in [0.2, 0.25) is 0 Å². The first-order chi connectivity index (χ1) is 7.76. The van der Waals surface area contributed by atoms with Crippen molar-refractivity contribution < 1.29 is 5.11 Å². The molecule has 0 aromatic carbocycles. The molecular weight excluding hydrogens is 270 g/mol. The summed E-state index contributed by atoms with van der Waals surface area (Å²) in [7, 11) is 0. The lowest BCUT2D eigenvalue weighted by Gasteiger charge is -2.05. The highest BCUT2D eigenvalue weighted by atomic mass is 79.9. The molecule has 2 heterocycles. The van der Waals surface area contributed by atoms with Gasteiger partial charge in [0.25, 0.3) is 0 Å². The van der Waals surface area contributed by atoms with Crippen LogP contribution >= 0.6 is 15.9 Å². The molecule has 0 spiro atoms. The van der Waals surface area contributed by atoms with E-state index in [0.717, 1.165) is 28.0 Å². The summed E-state index contributed by atoms with van der Waals surface area (Å²) in [5.74, 6) is 0.764. The topological polar surface area (TPSA) is 50.9 Å². The smallest absolute Gasteiger partial charge is 0.153 e. The molecule has 0 bridgehead atoms. The molecule has 0 aliphatic carbocycles. The van der Waals surface area contributed by atoms with Gasteiger partial charge in [-0.05, 0) is 34.5 Å². The van der Waals surface area contributed by atoms with Gasteiger partial charge in [0.2, 0.25) is 0 Å². The molecular formula is C11H12BrN3O. The van der Waals surface area contributed by atoms with Crippen LogP contribution in [0.3, 0.4) is 0 Å². The molecule has 84 valence electrons. The number of hydrogen-bond acceptors (Lipinski definition) is 3. The van der Waals surface area contributed by atoms with Gasteiger partial charge in [-0.2, -0.15) is 5.10 Å². The molecule has 0 saturated heterocycles. The van der Waals surface area contributed by atoms with Crippen molar-refractivity contribution in [1.82, 2.24) is 14.8 Å². The molecule has 0 radical (unpaired) electrons. The maximum Gasteiger partial charge on any atom is 0.153 e. The van der Waals surface area contributed by atoms with Gasteiger partial charge in [0.15, 0.2) is 5.82 Å². The molecule has 0 aliphatic heterocycles. The number of aliphatic hydroxyl groups is 1. The Balaban J connectivity index is 2.47. The minimum absolute atomic E-state index is 0.0136. The Morgan fingerprint density at radius 3 is 2.75 bits per heavy atom. The van der Waals surface area contributed by atoms with Gasteiger partial charge in [0.05, 0.1) is 18.5 Å². The molecule has 0 saturated carbocycles. The van der Waals surface area contributed by atoms with Gasteiger partial charge in [0.1, 0.15) is 0 Å². The van der Waals surface area contributed by atoms with E-state index in [0.29, 0.717) is 0 Å². The Morgan fingerprint density at radius 2 is 2.19 bits per heavy atom. The maximum absolute atomic E-state index is 9.17. The molecule has 4 nitrogen and oxygen atoms in total. The fraction of sp³-hybridized carbons (Fsp3) is 0.273. The van der Waals surface area contributed by atoms with E-state index in [-0.39, 0.29) is 6.61 Å². The van der Waals surface area contributed by atoms with Crippen LogP contribution in [0, 0.1) is 0 Å². The first-order valence-corrected chi connectivity index (χ1v) is 5.84. The van der Waals surface area contributed by atoms with E-state index in [1.54, 1.807) is 17.1 Å². The van der Waals surface area contributed by atoms with Crippen LogP contribution in [0.5, 0.6) is 0 Å². The number of hydrogen-bond donors (Lipinski definition) is 1. The van der Waals surface area contributed by atoms with E-state index in [9.17, 15) is 5.11 Å². The monoisotopic (exact) mass is 281 g/mol. The van der Waals surface area contributed by atoms with Gasteiger partial charge in [-0.25, -0.2) is 9.67 Å². The Hall–Kier alpha value is -1.20. The first kappa shape index (κ1) is 11.3. The van der Waals surface area contributed by atoms with Gasteiger partial charge < -0.3 is 5.11 Å². The number of aliphatic hydroxyl groups excluding tert-OH is 1. The molecule has 0 amide bonds. The minimum Gasteiger partial charge on any atom is -0.392 e. The lowest BCUT2D eigenvalue weighted by Crippen LogP contribution is -2.04. The molecule has 1 N–H and O–H groups in total. The van der Waals surface area contributed by atoms with E-state index in [1.165, 1.54) is 0 Å². The largest absolute Gasteiger partial charge is 0.392 e. The Kier molecular flexibility index (Phi) is 3.36. The second-order valence-corrected chi connectivity index (χ2v) is 4.29. The van der Waals surface area contributed by atoms with E-state index in [2.05, 4.69) is 26.0 Å². The van der Waals surface area contributed by atoms with Gasteiger partial charge in [-0.1, -0.05) is 6.92 Å². The Bertz CT molecular complexity index is 478. The average Bonchev–Trinajstić information content (AvgIpc) is 2.72. The van der Waals surface area contributed by atoms with Crippen molar-refractivity contribution in [1.29, 1.82) is 0 Å². The van der Waals surface area contributed by atoms with E-state index in [1.807, 2.05) is 19.1 Å². The van der Waals surface area contributed by atoms with Gasteiger partial charge >= 0.3 is 0 Å². The summed E-state index contributed by atoms with van der Waals surface area (Å²) >= 11 is 3.34. The molecule has 5 heteroatoms. The summed E-state index contributed by atoms with van der Waals surface area (Å²) in [6.07, 6.45) is 4.23. The lowest BCUT2D eigenvalue weighted by atomic mass is 10.2. The summed E-state index contributed by atoms with van der Waals surface area (Å²) < 4.78 is 2.70. The highest BCUT2D eigenvalue weighted by molar-refractivity contribution is 9.10. The van der Waals surface area contributed by atoms with E-state index >= 15 is 0 Å². The molecule has 2 rings (SSSR count). The molecule has 2 aromatic rings. The van der Waals surface area contributed by atoms with Gasteiger partial charge in [0, 0.05) is 16.2 Å². The maximum atomic E-state index is 9.17. The molecule has 0 fully saturated rings. The molecule has 2 aromatic heterocycles. The van der Waals surface area contributed by atoms with Gasteiger partial charge in [-0.15, -0.1) is 0 Å². The van der Waals surface area contributed by atoms with Crippen molar-refractivity contribution >= 4 is 15.9 Å². The lowest BCUT2D eigenvalue weighted by molar-refractivity contribution is 0.280. The predicted molar refractivity (Wildman–Crippen MR) is 64.4 cm³/mol. The second kappa shape index (κ2) is 4.76. The zero-order valence-electron chi connectivity index (χ0n) is 8.89. The summed E-state index contributed by atoms with van der Waals surface area (Å²) in [5.41, 5.74) is 1.85. The zero-order chi connectivity index (χ0) is 11.5. The quantitative estimate of drug-likeness (QED) is 0.937. The van der Waals surface area contributed by atoms with Crippen molar-refractivity contribution in [2.24, 2.45) is 0 Å². The van der Waals surface area contributed by atoms with Crippen LogP contribution in [0.15, 0.2) is 29.0 Å². The number of pyridine rings is 1. The third kappa shape index (κ3) is 2.01. The normalized spacial score (nSPS) is 10.7. The highest BCUT2D eigenvalue weighted by Gasteiger charge is 2.10. The van der Waals surface area contributed by atoms with Crippen LogP contribution in [-0.2, 0) is 13.0 Å². The summed E-state index contributed by atoms with van der Waals surface area (Å²) in [6, 6.07) is 3.81. The molecule has 0 unspecified atom stereocenters. The first-order valence-electron chi connectivity index (χ1n) is 5.04. The van der Waals surface area contributed by atoms with Crippen molar-refractivity contribution in [2.75, 3.05) is 0 Å². The Morgan fingerprint density at radius 1 is 1.38 bits per heavy atom. The third-order valence-corrected chi connectivity index (χ3v) is 2.86. The third-order valence-electron chi connectivity index (χ3n) is 2.39. The number of rotatable bonds is 3.